The molecule has 0 saturated carbocycles. The number of aromatic nitrogens is 1. The lowest BCUT2D eigenvalue weighted by molar-refractivity contribution is 0.127. The lowest BCUT2D eigenvalue weighted by Crippen LogP contribution is -2.49. The Hall–Kier alpha value is -0.650. The molecule has 1 aromatic rings. The molecule has 1 aliphatic heterocycles. The van der Waals surface area contributed by atoms with Gasteiger partial charge >= 0.3 is 0 Å². The highest BCUT2D eigenvalue weighted by atomic mass is 79.9. The Morgan fingerprint density at radius 1 is 1.61 bits per heavy atom. The molecule has 2 N–H and O–H groups in total. The minimum Gasteiger partial charge on any atom is -0.383 e. The highest BCUT2D eigenvalue weighted by Crippen LogP contribution is 2.22. The van der Waals surface area contributed by atoms with Gasteiger partial charge in [-0.25, -0.2) is 4.98 Å². The summed E-state index contributed by atoms with van der Waals surface area (Å²) in [4.78, 5) is 4.40. The van der Waals surface area contributed by atoms with Crippen LogP contribution in [-0.2, 0) is 4.74 Å². The number of hydrogen-bond donors (Lipinski definition) is 2. The summed E-state index contributed by atoms with van der Waals surface area (Å²) in [5, 5.41) is 6.98. The number of ether oxygens (including phenoxy) is 1. The van der Waals surface area contributed by atoms with Gasteiger partial charge < -0.3 is 15.4 Å². The summed E-state index contributed by atoms with van der Waals surface area (Å²) in [7, 11) is 1.75. The predicted octanol–water partition coefficient (Wildman–Crippen LogP) is 2.33. The molecule has 100 valence electrons. The van der Waals surface area contributed by atoms with Gasteiger partial charge in [-0.2, -0.15) is 0 Å². The van der Waals surface area contributed by atoms with Crippen LogP contribution in [0.3, 0.4) is 0 Å². The number of halogens is 1. The van der Waals surface area contributed by atoms with Gasteiger partial charge in [0, 0.05) is 24.3 Å². The van der Waals surface area contributed by atoms with Crippen molar-refractivity contribution in [3.63, 3.8) is 0 Å². The Labute approximate surface area is 117 Å². The maximum Gasteiger partial charge on any atom is 0.128 e. The van der Waals surface area contributed by atoms with Crippen LogP contribution in [0.4, 0.5) is 5.82 Å². The number of nitrogens with zero attached hydrogens (tertiary/aromatic N) is 1. The third kappa shape index (κ3) is 3.22. The quantitative estimate of drug-likeness (QED) is 0.876. The molecule has 18 heavy (non-hydrogen) atoms. The van der Waals surface area contributed by atoms with Crippen molar-refractivity contribution in [2.24, 2.45) is 0 Å². The van der Waals surface area contributed by atoms with Crippen molar-refractivity contribution < 1.29 is 4.74 Å². The molecule has 1 unspecified atom stereocenters. The zero-order chi connectivity index (χ0) is 13.0. The van der Waals surface area contributed by atoms with E-state index in [1.807, 2.05) is 6.20 Å². The molecule has 1 atom stereocenters. The van der Waals surface area contributed by atoms with E-state index in [0.717, 1.165) is 42.0 Å². The van der Waals surface area contributed by atoms with Crippen molar-refractivity contribution in [1.29, 1.82) is 0 Å². The first-order valence-corrected chi connectivity index (χ1v) is 7.04. The molecule has 1 aliphatic rings. The number of nitrogens with one attached hydrogen (secondary N) is 2. The Bertz CT molecular complexity index is 405. The first-order valence-electron chi connectivity index (χ1n) is 6.25. The molecule has 1 fully saturated rings. The Morgan fingerprint density at radius 3 is 3.06 bits per heavy atom. The van der Waals surface area contributed by atoms with Crippen LogP contribution < -0.4 is 10.6 Å². The van der Waals surface area contributed by atoms with Crippen molar-refractivity contribution in [3.05, 3.63) is 22.3 Å². The number of anilines is 1. The third-order valence-electron chi connectivity index (χ3n) is 3.39. The summed E-state index contributed by atoms with van der Waals surface area (Å²) in [6.45, 7) is 4.70. The van der Waals surface area contributed by atoms with Gasteiger partial charge in [0.2, 0.25) is 0 Å². The van der Waals surface area contributed by atoms with E-state index in [-0.39, 0.29) is 5.54 Å². The fourth-order valence-corrected chi connectivity index (χ4v) is 2.89. The van der Waals surface area contributed by atoms with Crippen LogP contribution in [0.1, 0.15) is 18.4 Å². The molecule has 2 rings (SSSR count). The second kappa shape index (κ2) is 5.99. The second-order valence-electron chi connectivity index (χ2n) is 4.92. The Morgan fingerprint density at radius 2 is 2.44 bits per heavy atom. The average molecular weight is 314 g/mol. The van der Waals surface area contributed by atoms with Gasteiger partial charge in [0.25, 0.3) is 0 Å². The fourth-order valence-electron chi connectivity index (χ4n) is 2.45. The van der Waals surface area contributed by atoms with Crippen molar-refractivity contribution >= 4 is 21.7 Å². The number of rotatable bonds is 5. The van der Waals surface area contributed by atoms with Gasteiger partial charge in [-0.15, -0.1) is 0 Å². The van der Waals surface area contributed by atoms with Crippen molar-refractivity contribution in [2.45, 2.75) is 25.3 Å². The minimum absolute atomic E-state index is 0.0515. The van der Waals surface area contributed by atoms with E-state index < -0.39 is 0 Å². The number of aryl methyl sites for hydroxylation is 1. The minimum atomic E-state index is 0.0515. The molecule has 2 heterocycles. The van der Waals surface area contributed by atoms with Crippen LogP contribution in [-0.4, -0.2) is 37.3 Å². The van der Waals surface area contributed by atoms with E-state index in [1.54, 1.807) is 7.11 Å². The summed E-state index contributed by atoms with van der Waals surface area (Å²) in [5.74, 6) is 0.947. The van der Waals surface area contributed by atoms with Crippen molar-refractivity contribution in [1.82, 2.24) is 10.3 Å². The summed E-state index contributed by atoms with van der Waals surface area (Å²) in [6.07, 6.45) is 4.17. The van der Waals surface area contributed by atoms with Gasteiger partial charge in [0.05, 0.1) is 12.1 Å². The summed E-state index contributed by atoms with van der Waals surface area (Å²) in [5.41, 5.74) is 1.20. The normalized spacial score (nSPS) is 23.3. The zero-order valence-corrected chi connectivity index (χ0v) is 12.5. The molecule has 0 amide bonds. The van der Waals surface area contributed by atoms with Crippen LogP contribution in [0.2, 0.25) is 0 Å². The molecule has 1 aromatic heterocycles. The van der Waals surface area contributed by atoms with Crippen LogP contribution in [0.5, 0.6) is 0 Å². The second-order valence-corrected chi connectivity index (χ2v) is 5.83. The average Bonchev–Trinajstić information content (AvgIpc) is 2.77. The van der Waals surface area contributed by atoms with Gasteiger partial charge in [0.1, 0.15) is 5.82 Å². The molecule has 0 aromatic carbocycles. The smallest absolute Gasteiger partial charge is 0.128 e. The van der Waals surface area contributed by atoms with Crippen LogP contribution >= 0.6 is 15.9 Å². The van der Waals surface area contributed by atoms with Gasteiger partial charge in [-0.1, -0.05) is 0 Å². The van der Waals surface area contributed by atoms with E-state index >= 15 is 0 Å². The standard InChI is InChI=1S/C13H20BrN3O/c1-10-6-11(14)7-15-12(10)16-8-13(9-18-2)4-3-5-17-13/h6-7,17H,3-5,8-9H2,1-2H3,(H,15,16). The molecule has 4 nitrogen and oxygen atoms in total. The van der Waals surface area contributed by atoms with Gasteiger partial charge in [-0.3, -0.25) is 0 Å². The van der Waals surface area contributed by atoms with Crippen LogP contribution in [0.25, 0.3) is 0 Å². The van der Waals surface area contributed by atoms with Gasteiger partial charge in [-0.05, 0) is 53.9 Å². The number of pyridine rings is 1. The van der Waals surface area contributed by atoms with Crippen molar-refractivity contribution in [3.8, 4) is 0 Å². The van der Waals surface area contributed by atoms with Crippen LogP contribution in [0, 0.1) is 6.92 Å². The SMILES string of the molecule is COCC1(CNc2ncc(Br)cc2C)CCCN1. The Balaban J connectivity index is 2.01. The largest absolute Gasteiger partial charge is 0.383 e. The summed E-state index contributed by atoms with van der Waals surface area (Å²) < 4.78 is 6.35. The number of methoxy groups -OCH3 is 1. The fraction of sp³-hybridized carbons (Fsp3) is 0.615. The van der Waals surface area contributed by atoms with E-state index in [9.17, 15) is 0 Å². The molecule has 0 aliphatic carbocycles. The highest BCUT2D eigenvalue weighted by Gasteiger charge is 2.33. The Kier molecular flexibility index (Phi) is 4.59. The highest BCUT2D eigenvalue weighted by molar-refractivity contribution is 9.10. The van der Waals surface area contributed by atoms with E-state index in [1.165, 1.54) is 6.42 Å². The van der Waals surface area contributed by atoms with Gasteiger partial charge in [0.15, 0.2) is 0 Å². The monoisotopic (exact) mass is 313 g/mol. The van der Waals surface area contributed by atoms with E-state index in [2.05, 4.69) is 44.5 Å². The zero-order valence-electron chi connectivity index (χ0n) is 10.9. The molecule has 0 radical (unpaired) electrons. The third-order valence-corrected chi connectivity index (χ3v) is 3.83. The van der Waals surface area contributed by atoms with Crippen LogP contribution in [0.15, 0.2) is 16.7 Å². The maximum atomic E-state index is 5.34. The molecular formula is C13H20BrN3O. The predicted molar refractivity (Wildman–Crippen MR) is 77.0 cm³/mol. The lowest BCUT2D eigenvalue weighted by Gasteiger charge is -2.29. The molecular weight excluding hydrogens is 294 g/mol. The summed E-state index contributed by atoms with van der Waals surface area (Å²) >= 11 is 3.43. The van der Waals surface area contributed by atoms with E-state index in [4.69, 9.17) is 4.74 Å². The van der Waals surface area contributed by atoms with E-state index in [0.29, 0.717) is 0 Å². The van der Waals surface area contributed by atoms with Crippen molar-refractivity contribution in [2.75, 3.05) is 32.1 Å². The lowest BCUT2D eigenvalue weighted by atomic mass is 9.98. The first kappa shape index (κ1) is 13.8. The first-order chi connectivity index (χ1) is 8.65. The summed E-state index contributed by atoms with van der Waals surface area (Å²) in [6, 6.07) is 2.07. The molecule has 5 heteroatoms. The topological polar surface area (TPSA) is 46.2 Å². The molecule has 0 spiro atoms. The molecule has 0 bridgehead atoms. The maximum absolute atomic E-state index is 5.34. The number of hydrogen-bond acceptors (Lipinski definition) is 4. The molecule has 1 saturated heterocycles.